The van der Waals surface area contributed by atoms with Crippen molar-refractivity contribution < 1.29 is 4.79 Å². The van der Waals surface area contributed by atoms with Crippen LogP contribution in [0.3, 0.4) is 0 Å². The molecule has 1 amide bonds. The first-order chi connectivity index (χ1) is 9.99. The van der Waals surface area contributed by atoms with Gasteiger partial charge in [0.05, 0.1) is 11.7 Å². The molecule has 2 aromatic rings. The quantitative estimate of drug-likeness (QED) is 0.849. The van der Waals surface area contributed by atoms with Crippen LogP contribution in [0.2, 0.25) is 0 Å². The first-order valence-electron chi connectivity index (χ1n) is 7.19. The highest BCUT2D eigenvalue weighted by Gasteiger charge is 2.18. The van der Waals surface area contributed by atoms with Gasteiger partial charge in [0.15, 0.2) is 0 Å². The standard InChI is InChI=1S/C16H22N4O/c1-12(2)9-16(21)19(4)13(3)14-5-7-15(8-6-14)20-11-17-10-18-20/h5-8,10-13H,9H2,1-4H3. The molecule has 5 nitrogen and oxygen atoms in total. The number of hydrogen-bond donors (Lipinski definition) is 0. The number of nitrogens with zero attached hydrogens (tertiary/aromatic N) is 4. The Bertz CT molecular complexity index is 575. The highest BCUT2D eigenvalue weighted by Crippen LogP contribution is 2.21. The smallest absolute Gasteiger partial charge is 0.223 e. The van der Waals surface area contributed by atoms with E-state index in [0.717, 1.165) is 11.3 Å². The average Bonchev–Trinajstić information content (AvgIpc) is 2.99. The van der Waals surface area contributed by atoms with Gasteiger partial charge in [-0.2, -0.15) is 5.10 Å². The van der Waals surface area contributed by atoms with Crippen molar-refractivity contribution in [1.29, 1.82) is 0 Å². The summed E-state index contributed by atoms with van der Waals surface area (Å²) >= 11 is 0. The Labute approximate surface area is 125 Å². The molecule has 1 unspecified atom stereocenters. The average molecular weight is 286 g/mol. The summed E-state index contributed by atoms with van der Waals surface area (Å²) in [5, 5.41) is 4.10. The molecule has 0 aliphatic heterocycles. The van der Waals surface area contributed by atoms with Crippen molar-refractivity contribution >= 4 is 5.91 Å². The van der Waals surface area contributed by atoms with Crippen molar-refractivity contribution in [2.24, 2.45) is 5.92 Å². The largest absolute Gasteiger partial charge is 0.339 e. The number of carbonyl (C=O) groups excluding carboxylic acids is 1. The predicted molar refractivity (Wildman–Crippen MR) is 82.0 cm³/mol. The number of benzene rings is 1. The zero-order valence-corrected chi connectivity index (χ0v) is 13.0. The van der Waals surface area contributed by atoms with E-state index in [0.29, 0.717) is 12.3 Å². The van der Waals surface area contributed by atoms with Gasteiger partial charge in [0.1, 0.15) is 12.7 Å². The maximum atomic E-state index is 12.1. The van der Waals surface area contributed by atoms with Crippen LogP contribution in [-0.4, -0.2) is 32.6 Å². The molecule has 1 aromatic heterocycles. The third kappa shape index (κ3) is 3.68. The van der Waals surface area contributed by atoms with Gasteiger partial charge in [0.25, 0.3) is 0 Å². The van der Waals surface area contributed by atoms with E-state index in [2.05, 4.69) is 23.9 Å². The minimum atomic E-state index is 0.0565. The molecule has 2 rings (SSSR count). The molecule has 0 saturated carbocycles. The highest BCUT2D eigenvalue weighted by molar-refractivity contribution is 5.76. The molecule has 0 spiro atoms. The van der Waals surface area contributed by atoms with Gasteiger partial charge >= 0.3 is 0 Å². The topological polar surface area (TPSA) is 51.0 Å². The molecule has 21 heavy (non-hydrogen) atoms. The number of rotatable bonds is 5. The number of carbonyl (C=O) groups is 1. The second kappa shape index (κ2) is 6.52. The van der Waals surface area contributed by atoms with Crippen LogP contribution < -0.4 is 0 Å². The molecule has 0 radical (unpaired) electrons. The Hall–Kier alpha value is -2.17. The van der Waals surface area contributed by atoms with Crippen molar-refractivity contribution in [3.8, 4) is 5.69 Å². The van der Waals surface area contributed by atoms with Gasteiger partial charge in [-0.1, -0.05) is 26.0 Å². The molecule has 0 saturated heterocycles. The van der Waals surface area contributed by atoms with Crippen LogP contribution >= 0.6 is 0 Å². The maximum Gasteiger partial charge on any atom is 0.223 e. The SMILES string of the molecule is CC(C)CC(=O)N(C)C(C)c1ccc(-n2cncn2)cc1. The second-order valence-corrected chi connectivity index (χ2v) is 5.71. The second-order valence-electron chi connectivity index (χ2n) is 5.71. The van der Waals surface area contributed by atoms with Crippen LogP contribution in [0.15, 0.2) is 36.9 Å². The normalized spacial score (nSPS) is 12.4. The first kappa shape index (κ1) is 15.2. The zero-order chi connectivity index (χ0) is 15.4. The fourth-order valence-electron chi connectivity index (χ4n) is 2.18. The summed E-state index contributed by atoms with van der Waals surface area (Å²) in [6.45, 7) is 6.16. The van der Waals surface area contributed by atoms with Crippen LogP contribution in [0.5, 0.6) is 0 Å². The minimum absolute atomic E-state index is 0.0565. The monoisotopic (exact) mass is 286 g/mol. The first-order valence-corrected chi connectivity index (χ1v) is 7.19. The number of aromatic nitrogens is 3. The van der Waals surface area contributed by atoms with Gasteiger partial charge in [-0.25, -0.2) is 9.67 Å². The molecule has 0 aliphatic rings. The molecule has 112 valence electrons. The Kier molecular flexibility index (Phi) is 4.73. The summed E-state index contributed by atoms with van der Waals surface area (Å²) in [5.74, 6) is 0.555. The van der Waals surface area contributed by atoms with Crippen molar-refractivity contribution in [3.63, 3.8) is 0 Å². The van der Waals surface area contributed by atoms with E-state index in [-0.39, 0.29) is 11.9 Å². The molecule has 0 N–H and O–H groups in total. The Morgan fingerprint density at radius 1 is 1.24 bits per heavy atom. The summed E-state index contributed by atoms with van der Waals surface area (Å²) < 4.78 is 1.71. The van der Waals surface area contributed by atoms with E-state index in [1.807, 2.05) is 43.1 Å². The molecular formula is C16H22N4O. The fourth-order valence-corrected chi connectivity index (χ4v) is 2.18. The van der Waals surface area contributed by atoms with Gasteiger partial charge in [0, 0.05) is 13.5 Å². The van der Waals surface area contributed by atoms with Gasteiger partial charge in [-0.05, 0) is 30.5 Å². The summed E-state index contributed by atoms with van der Waals surface area (Å²) in [7, 11) is 1.86. The van der Waals surface area contributed by atoms with Crippen LogP contribution in [0, 0.1) is 5.92 Å². The van der Waals surface area contributed by atoms with Crippen LogP contribution in [0.1, 0.15) is 38.8 Å². The van der Waals surface area contributed by atoms with E-state index in [4.69, 9.17) is 0 Å². The lowest BCUT2D eigenvalue weighted by molar-refractivity contribution is -0.132. The fraction of sp³-hybridized carbons (Fsp3) is 0.438. The Balaban J connectivity index is 2.09. The van der Waals surface area contributed by atoms with E-state index >= 15 is 0 Å². The van der Waals surface area contributed by atoms with Crippen molar-refractivity contribution in [3.05, 3.63) is 42.5 Å². The summed E-state index contributed by atoms with van der Waals surface area (Å²) in [6.07, 6.45) is 3.75. The van der Waals surface area contributed by atoms with Gasteiger partial charge in [-0.3, -0.25) is 4.79 Å². The van der Waals surface area contributed by atoms with Crippen LogP contribution in [-0.2, 0) is 4.79 Å². The molecule has 0 aliphatic carbocycles. The summed E-state index contributed by atoms with van der Waals surface area (Å²) in [6, 6.07) is 8.09. The Morgan fingerprint density at radius 3 is 2.43 bits per heavy atom. The molecule has 0 fully saturated rings. The third-order valence-corrected chi connectivity index (χ3v) is 3.62. The van der Waals surface area contributed by atoms with Gasteiger partial charge in [0.2, 0.25) is 5.91 Å². The molecule has 1 heterocycles. The number of amides is 1. The summed E-state index contributed by atoms with van der Waals surface area (Å²) in [4.78, 5) is 17.9. The lowest BCUT2D eigenvalue weighted by atomic mass is 10.0. The van der Waals surface area contributed by atoms with Gasteiger partial charge in [-0.15, -0.1) is 0 Å². The molecule has 5 heteroatoms. The maximum absolute atomic E-state index is 12.1. The van der Waals surface area contributed by atoms with Crippen LogP contribution in [0.25, 0.3) is 5.69 Å². The molecule has 1 aromatic carbocycles. The van der Waals surface area contributed by atoms with E-state index < -0.39 is 0 Å². The van der Waals surface area contributed by atoms with Crippen LogP contribution in [0.4, 0.5) is 0 Å². The minimum Gasteiger partial charge on any atom is -0.339 e. The van der Waals surface area contributed by atoms with E-state index in [1.165, 1.54) is 6.33 Å². The molecule has 0 bridgehead atoms. The lowest BCUT2D eigenvalue weighted by Gasteiger charge is -2.26. The van der Waals surface area contributed by atoms with E-state index in [1.54, 1.807) is 11.0 Å². The number of hydrogen-bond acceptors (Lipinski definition) is 3. The van der Waals surface area contributed by atoms with E-state index in [9.17, 15) is 4.79 Å². The molecular weight excluding hydrogens is 264 g/mol. The lowest BCUT2D eigenvalue weighted by Crippen LogP contribution is -2.30. The van der Waals surface area contributed by atoms with Crippen molar-refractivity contribution in [2.45, 2.75) is 33.2 Å². The predicted octanol–water partition coefficient (Wildman–Crippen LogP) is 2.83. The highest BCUT2D eigenvalue weighted by atomic mass is 16.2. The summed E-state index contributed by atoms with van der Waals surface area (Å²) in [5.41, 5.74) is 2.07. The third-order valence-electron chi connectivity index (χ3n) is 3.62. The van der Waals surface area contributed by atoms with Crippen molar-refractivity contribution in [1.82, 2.24) is 19.7 Å². The molecule has 1 atom stereocenters. The Morgan fingerprint density at radius 2 is 1.90 bits per heavy atom. The van der Waals surface area contributed by atoms with Gasteiger partial charge < -0.3 is 4.90 Å². The van der Waals surface area contributed by atoms with Crippen molar-refractivity contribution in [2.75, 3.05) is 7.05 Å². The zero-order valence-electron chi connectivity index (χ0n) is 13.0.